The molecule has 72 valence electrons. The fourth-order valence-electron chi connectivity index (χ4n) is 0.891. The Balaban J connectivity index is 2.35. The van der Waals surface area contributed by atoms with Crippen LogP contribution in [0.25, 0.3) is 11.5 Å². The van der Waals surface area contributed by atoms with Crippen LogP contribution >= 0.6 is 0 Å². The monoisotopic (exact) mass is 196 g/mol. The summed E-state index contributed by atoms with van der Waals surface area (Å²) in [5.74, 6) is -0.0486. The van der Waals surface area contributed by atoms with E-state index in [-0.39, 0.29) is 11.6 Å². The van der Waals surface area contributed by atoms with Crippen LogP contribution in [0.4, 0.5) is 4.79 Å². The fraction of sp³-hybridized carbons (Fsp3) is 0. The summed E-state index contributed by atoms with van der Waals surface area (Å²) in [6.07, 6.45) is 0.911. The van der Waals surface area contributed by atoms with Crippen LogP contribution in [0.1, 0.15) is 0 Å². The largest absolute Gasteiger partial charge is 0.512 e. The molecule has 0 amide bonds. The highest BCUT2D eigenvalue weighted by molar-refractivity contribution is 5.65. The van der Waals surface area contributed by atoms with Crippen LogP contribution in [0, 0.1) is 0 Å². The lowest BCUT2D eigenvalue weighted by Gasteiger charge is -1.94. The number of carbonyl (C=O) groups is 1. The molecule has 2 aromatic heterocycles. The van der Waals surface area contributed by atoms with Crippen molar-refractivity contribution < 1.29 is 23.6 Å². The van der Waals surface area contributed by atoms with Crippen LogP contribution in [-0.4, -0.2) is 21.4 Å². The van der Waals surface area contributed by atoms with Gasteiger partial charge in [0.05, 0.1) is 0 Å². The molecule has 0 radical (unpaired) electrons. The first-order chi connectivity index (χ1) is 6.77. The molecule has 0 saturated heterocycles. The molecule has 0 fully saturated rings. The van der Waals surface area contributed by atoms with Gasteiger partial charge in [-0.2, -0.15) is 4.98 Å². The normalized spacial score (nSPS) is 10.0. The first-order valence-corrected chi connectivity index (χ1v) is 3.52. The lowest BCUT2D eigenvalue weighted by atomic mass is 10.3. The van der Waals surface area contributed by atoms with Gasteiger partial charge < -0.3 is 18.8 Å². The maximum absolute atomic E-state index is 10.2. The van der Waals surface area contributed by atoms with E-state index < -0.39 is 6.16 Å². The molecule has 7 heteroatoms. The zero-order valence-corrected chi connectivity index (χ0v) is 6.71. The van der Waals surface area contributed by atoms with E-state index >= 15 is 0 Å². The minimum atomic E-state index is -1.47. The Morgan fingerprint density at radius 1 is 1.57 bits per heavy atom. The van der Waals surface area contributed by atoms with Gasteiger partial charge in [-0.25, -0.2) is 4.79 Å². The standard InChI is InChI=1S/C7H4N2O5/c10-7(11)14-6-5(12-3-8-6)4-1-2-13-9-4/h1-3H,(H,10,11). The quantitative estimate of drug-likeness (QED) is 0.724. The summed E-state index contributed by atoms with van der Waals surface area (Å²) in [7, 11) is 0. The number of hydrogen-bond acceptors (Lipinski definition) is 6. The van der Waals surface area contributed by atoms with Crippen molar-refractivity contribution in [3.8, 4) is 17.3 Å². The number of nitrogens with zero attached hydrogens (tertiary/aromatic N) is 2. The Labute approximate surface area is 76.9 Å². The van der Waals surface area contributed by atoms with Crippen LogP contribution in [-0.2, 0) is 0 Å². The molecule has 0 saturated carbocycles. The van der Waals surface area contributed by atoms with E-state index in [1.54, 1.807) is 0 Å². The maximum Gasteiger partial charge on any atom is 0.512 e. The molecule has 0 aromatic carbocycles. The summed E-state index contributed by atoms with van der Waals surface area (Å²) in [5, 5.41) is 11.9. The molecular formula is C7H4N2O5. The molecule has 0 aliphatic carbocycles. The zero-order chi connectivity index (χ0) is 9.97. The summed E-state index contributed by atoms with van der Waals surface area (Å²) in [6, 6.07) is 1.50. The van der Waals surface area contributed by atoms with Crippen molar-refractivity contribution in [1.29, 1.82) is 0 Å². The van der Waals surface area contributed by atoms with Gasteiger partial charge in [-0.15, -0.1) is 0 Å². The van der Waals surface area contributed by atoms with Crippen LogP contribution in [0.2, 0.25) is 0 Å². The topological polar surface area (TPSA) is 98.6 Å². The molecule has 14 heavy (non-hydrogen) atoms. The van der Waals surface area contributed by atoms with E-state index in [9.17, 15) is 4.79 Å². The molecule has 0 bridgehead atoms. The Hall–Kier alpha value is -2.31. The number of hydrogen-bond donors (Lipinski definition) is 1. The minimum absolute atomic E-state index is 0.112. The summed E-state index contributed by atoms with van der Waals surface area (Å²) in [4.78, 5) is 13.8. The third-order valence-corrected chi connectivity index (χ3v) is 1.39. The molecular weight excluding hydrogens is 192 g/mol. The van der Waals surface area contributed by atoms with Crippen molar-refractivity contribution in [2.24, 2.45) is 0 Å². The van der Waals surface area contributed by atoms with Gasteiger partial charge in [0.25, 0.3) is 5.88 Å². The highest BCUT2D eigenvalue weighted by Crippen LogP contribution is 2.27. The first-order valence-electron chi connectivity index (χ1n) is 3.52. The molecule has 2 aromatic rings. The Bertz CT molecular complexity index is 433. The van der Waals surface area contributed by atoms with Gasteiger partial charge in [0.1, 0.15) is 6.26 Å². The number of ether oxygens (including phenoxy) is 1. The molecule has 1 N–H and O–H groups in total. The SMILES string of the molecule is O=C(O)Oc1ncoc1-c1ccon1. The van der Waals surface area contributed by atoms with Gasteiger partial charge in [-0.05, 0) is 0 Å². The van der Waals surface area contributed by atoms with Gasteiger partial charge in [0.2, 0.25) is 5.76 Å². The van der Waals surface area contributed by atoms with Gasteiger partial charge in [-0.3, -0.25) is 0 Å². The summed E-state index contributed by atoms with van der Waals surface area (Å²) >= 11 is 0. The molecule has 0 unspecified atom stereocenters. The van der Waals surface area contributed by atoms with Gasteiger partial charge >= 0.3 is 6.16 Å². The molecule has 0 spiro atoms. The third kappa shape index (κ3) is 1.42. The van der Waals surface area contributed by atoms with Crippen molar-refractivity contribution in [3.05, 3.63) is 18.7 Å². The van der Waals surface area contributed by atoms with Crippen molar-refractivity contribution in [2.45, 2.75) is 0 Å². The average molecular weight is 196 g/mol. The second-order valence-corrected chi connectivity index (χ2v) is 2.24. The maximum atomic E-state index is 10.2. The Morgan fingerprint density at radius 3 is 3.07 bits per heavy atom. The molecule has 0 aliphatic heterocycles. The van der Waals surface area contributed by atoms with Crippen LogP contribution in [0.15, 0.2) is 27.7 Å². The molecule has 7 nitrogen and oxygen atoms in total. The average Bonchev–Trinajstić information content (AvgIpc) is 2.70. The van der Waals surface area contributed by atoms with Gasteiger partial charge in [0, 0.05) is 6.07 Å². The summed E-state index contributed by atoms with van der Waals surface area (Å²) in [6.45, 7) is 0. The predicted molar refractivity (Wildman–Crippen MR) is 40.7 cm³/mol. The fourth-order valence-corrected chi connectivity index (χ4v) is 0.891. The number of oxazole rings is 1. The van der Waals surface area contributed by atoms with E-state index in [1.807, 2.05) is 0 Å². The molecule has 0 atom stereocenters. The van der Waals surface area contributed by atoms with E-state index in [2.05, 4.69) is 19.4 Å². The second kappa shape index (κ2) is 3.21. The Kier molecular flexibility index (Phi) is 1.90. The van der Waals surface area contributed by atoms with E-state index in [4.69, 9.17) is 9.52 Å². The second-order valence-electron chi connectivity index (χ2n) is 2.24. The number of carboxylic acid groups (broad SMARTS) is 1. The van der Waals surface area contributed by atoms with E-state index in [0.717, 1.165) is 6.39 Å². The minimum Gasteiger partial charge on any atom is -0.449 e. The van der Waals surface area contributed by atoms with Crippen molar-refractivity contribution in [3.63, 3.8) is 0 Å². The number of aromatic nitrogens is 2. The first kappa shape index (κ1) is 8.30. The van der Waals surface area contributed by atoms with E-state index in [1.165, 1.54) is 12.3 Å². The third-order valence-electron chi connectivity index (χ3n) is 1.39. The lowest BCUT2D eigenvalue weighted by molar-refractivity contribution is 0.142. The summed E-state index contributed by atoms with van der Waals surface area (Å²) in [5.41, 5.74) is 0.318. The molecule has 2 rings (SSSR count). The van der Waals surface area contributed by atoms with Crippen LogP contribution in [0.5, 0.6) is 5.88 Å². The highest BCUT2D eigenvalue weighted by Gasteiger charge is 2.17. The van der Waals surface area contributed by atoms with Crippen molar-refractivity contribution in [1.82, 2.24) is 10.1 Å². The highest BCUT2D eigenvalue weighted by atomic mass is 16.7. The van der Waals surface area contributed by atoms with Gasteiger partial charge in [0.15, 0.2) is 12.1 Å². The van der Waals surface area contributed by atoms with Gasteiger partial charge in [-0.1, -0.05) is 5.16 Å². The smallest absolute Gasteiger partial charge is 0.449 e. The van der Waals surface area contributed by atoms with E-state index in [0.29, 0.717) is 5.69 Å². The molecule has 0 aliphatic rings. The molecule has 2 heterocycles. The lowest BCUT2D eigenvalue weighted by Crippen LogP contribution is -2.03. The van der Waals surface area contributed by atoms with Crippen molar-refractivity contribution >= 4 is 6.16 Å². The summed E-state index contributed by atoms with van der Waals surface area (Å²) < 4.78 is 13.8. The number of rotatable bonds is 2. The Morgan fingerprint density at radius 2 is 2.43 bits per heavy atom. The predicted octanol–water partition coefficient (Wildman–Crippen LogP) is 1.39. The zero-order valence-electron chi connectivity index (χ0n) is 6.71. The van der Waals surface area contributed by atoms with Crippen LogP contribution < -0.4 is 4.74 Å². The van der Waals surface area contributed by atoms with Crippen LogP contribution in [0.3, 0.4) is 0 Å². The van der Waals surface area contributed by atoms with Crippen molar-refractivity contribution in [2.75, 3.05) is 0 Å².